The van der Waals surface area contributed by atoms with Crippen molar-refractivity contribution < 1.29 is 184 Å². The summed E-state index contributed by atoms with van der Waals surface area (Å²) in [5.74, 6) is -11.5. The van der Waals surface area contributed by atoms with Gasteiger partial charge in [-0.3, -0.25) is 49.5 Å². The molecular weight excluding hydrogens is 2050 g/mol. The first-order valence-corrected chi connectivity index (χ1v) is 41.5. The number of likely N-dealkylation sites (N-methyl/N-ethyl adjacent to an activating group) is 2. The highest BCUT2D eigenvalue weighted by molar-refractivity contribution is 6.35. The molecule has 0 saturated heterocycles. The third kappa shape index (κ3) is 50.0. The summed E-state index contributed by atoms with van der Waals surface area (Å²) in [7, 11) is 3.05. The van der Waals surface area contributed by atoms with Crippen LogP contribution in [0.4, 0.5) is 108 Å². The van der Waals surface area contributed by atoms with E-state index in [0.29, 0.717) is 35.9 Å². The fourth-order valence-corrected chi connectivity index (χ4v) is 9.91. The van der Waals surface area contributed by atoms with Gasteiger partial charge < -0.3 is 121 Å². The molecule has 7 aromatic heterocycles. The predicted octanol–water partition coefficient (Wildman–Crippen LogP) is 10.4. The van der Waals surface area contributed by atoms with Crippen LogP contribution in [0.3, 0.4) is 0 Å². The van der Waals surface area contributed by atoms with Crippen molar-refractivity contribution in [2.75, 3.05) is 74.6 Å². The topological polar surface area (TPSA) is 728 Å². The first-order chi connectivity index (χ1) is 67.1. The third-order valence-corrected chi connectivity index (χ3v) is 16.1. The summed E-state index contributed by atoms with van der Waals surface area (Å²) in [4.78, 5) is 189. The summed E-state index contributed by atoms with van der Waals surface area (Å²) in [6.07, 6.45) is -3.09. The lowest BCUT2D eigenvalue weighted by Gasteiger charge is -2.23. The number of carbonyl (C=O) groups excluding carboxylic acids is 9. The minimum Gasteiger partial charge on any atom is -0.489 e. The normalized spacial score (nSPS) is 14.4. The van der Waals surface area contributed by atoms with Crippen molar-refractivity contribution in [1.29, 1.82) is 0 Å². The van der Waals surface area contributed by atoms with Crippen LogP contribution in [-0.4, -0.2) is 267 Å². The molecule has 810 valence electrons. The van der Waals surface area contributed by atoms with E-state index in [1.807, 2.05) is 10.6 Å². The number of pyridine rings is 7. The minimum absolute atomic E-state index is 0. The average molecular weight is 2150 g/mol. The number of alkyl carbamates (subject to hydrolysis) is 5. The van der Waals surface area contributed by atoms with Gasteiger partial charge in [-0.1, -0.05) is 30.6 Å². The first kappa shape index (κ1) is 129. The molecule has 10 heterocycles. The number of rotatable bonds is 18. The summed E-state index contributed by atoms with van der Waals surface area (Å²) in [5.41, 5.74) is 6.75. The average Bonchev–Trinajstić information content (AvgIpc) is 1.71. The van der Waals surface area contributed by atoms with Gasteiger partial charge >= 0.3 is 71.6 Å². The molecule has 52 nitrogen and oxygen atoms in total. The monoisotopic (exact) mass is 2150 g/mol. The lowest BCUT2D eigenvalue weighted by molar-refractivity contribution is -0.387. The number of hydrogen-bond donors (Lipinski definition) is 12. The van der Waals surface area contributed by atoms with Gasteiger partial charge in [0.2, 0.25) is 59.4 Å². The molecule has 3 aliphatic heterocycles. The molecule has 10 rings (SSSR count). The van der Waals surface area contributed by atoms with E-state index < -0.39 is 230 Å². The number of aldehydes is 1. The molecule has 147 heavy (non-hydrogen) atoms. The van der Waals surface area contributed by atoms with Gasteiger partial charge in [-0.2, -0.15) is 43.9 Å². The second-order valence-corrected chi connectivity index (χ2v) is 34.3. The van der Waals surface area contributed by atoms with Crippen molar-refractivity contribution in [2.24, 2.45) is 5.73 Å². The van der Waals surface area contributed by atoms with Crippen molar-refractivity contribution in [3.8, 4) is 28.7 Å². The van der Waals surface area contributed by atoms with Crippen LogP contribution in [0.25, 0.3) is 0 Å². The van der Waals surface area contributed by atoms with Gasteiger partial charge in [-0.15, -0.1) is 0 Å². The quantitative estimate of drug-likeness (QED) is 0.00948. The number of hydrogen-bond acceptors (Lipinski definition) is 38. The zero-order valence-corrected chi connectivity index (χ0v) is 81.2. The standard InChI is InChI=1S/C14H18FN3O4.C13H16FN3O7.C13H18FN3O5.C13H16FN3O4.C9H10FN3O2.C8H15NO5.C5H2Cl2N2O2.C5H2F2N2O2.C2HF3O.CH4/c1-14(2,3)22-13(20)17-8-7-21-10-5-11(15)16-6-9(10)18(4)12(8)19;1-13(2,3)24-12(20)16-7(11(18)19)6-23-9-4-10(14)15-5-8(9)17(21)22;1-13(2,3)22-12(20)17-8(11(18)19)6-21-9-4-10(14)16-5-7(9)15;1-13(2,3)21-12(19)17-8-6-20-9-4-10(14)15-5-7(9)16-11(8)18;1-13-6-3-12-8(10)2-7(6)15-4-5(11)9(13)14;1-8(2,3)14-7(13)9-5(4-10)6(11)12;2*6-3-1-5(7)8-2-4(3)9(10)11;3-2(4,5)1-6;/h5-6,8H,7H2,1-4H3,(H,17,20);4-5,7H,6H2,1-3H3,(H,16,20)(H,18,19);4-5,8H,6,15H2,1-3H3,(H,17,20)(H,18,19);4-5,8H,6H2,1-3H3,(H,16,18)(H,17,19);2-3,5H,4,11H2,1H3;5,10H,4H2,1-3H3,(H,9,13)(H,11,12);2*1-2H;1H;1H4/t8-;7-;2*8-;2*5-;;;;/m000000..../s1. The van der Waals surface area contributed by atoms with E-state index >= 15 is 0 Å². The maximum atomic E-state index is 13.2. The smallest absolute Gasteiger partial charge is 0.446 e. The molecule has 0 saturated carbocycles. The molecule has 0 unspecified atom stereocenters. The maximum absolute atomic E-state index is 13.2. The number of nitrogens with zero attached hydrogens (tertiary/aromatic N) is 12. The second kappa shape index (κ2) is 57.8. The number of amides is 8. The molecule has 0 fully saturated rings. The number of nitrogens with one attached hydrogen (secondary N) is 6. The molecule has 7 aromatic rings. The lowest BCUT2D eigenvalue weighted by Crippen LogP contribution is -2.50. The number of carboxylic acid groups (broad SMARTS) is 3. The predicted molar refractivity (Wildman–Crippen MR) is 489 cm³/mol. The van der Waals surface area contributed by atoms with Crippen LogP contribution in [0.1, 0.15) is 111 Å². The number of nitro groups is 3. The van der Waals surface area contributed by atoms with E-state index in [2.05, 4.69) is 56.2 Å². The summed E-state index contributed by atoms with van der Waals surface area (Å²) < 4.78 is 172. The van der Waals surface area contributed by atoms with Gasteiger partial charge in [-0.25, -0.2) is 73.2 Å². The Labute approximate surface area is 836 Å². The Morgan fingerprint density at radius 1 is 0.490 bits per heavy atom. The number of fused-ring (bicyclic) bond motifs is 3. The highest BCUT2D eigenvalue weighted by Crippen LogP contribution is 2.34. The summed E-state index contributed by atoms with van der Waals surface area (Å²) in [5, 5.41) is 79.8. The minimum atomic E-state index is -4.64. The Morgan fingerprint density at radius 2 is 0.823 bits per heavy atom. The van der Waals surface area contributed by atoms with E-state index in [0.717, 1.165) is 42.9 Å². The van der Waals surface area contributed by atoms with Crippen LogP contribution in [-0.2, 0) is 57.2 Å². The maximum Gasteiger partial charge on any atom is 0.446 e. The van der Waals surface area contributed by atoms with Gasteiger partial charge in [0, 0.05) is 56.6 Å². The molecule has 0 radical (unpaired) electrons. The number of halogens is 12. The highest BCUT2D eigenvalue weighted by atomic mass is 35.5. The number of ether oxygens (including phenoxy) is 10. The summed E-state index contributed by atoms with van der Waals surface area (Å²) >= 11 is 10.9. The molecule has 14 N–H and O–H groups in total. The molecule has 0 bridgehead atoms. The highest BCUT2D eigenvalue weighted by Gasteiger charge is 2.36. The molecule has 3 aliphatic rings. The fraction of sp³-hybridized carbons (Fsp3) is 0.434. The molecule has 0 aliphatic carbocycles. The second-order valence-electron chi connectivity index (χ2n) is 33.5. The zero-order chi connectivity index (χ0) is 112. The van der Waals surface area contributed by atoms with Crippen molar-refractivity contribution in [3.63, 3.8) is 0 Å². The van der Waals surface area contributed by atoms with Crippen LogP contribution in [0, 0.1) is 71.8 Å². The Morgan fingerprint density at radius 3 is 1.22 bits per heavy atom. The van der Waals surface area contributed by atoms with Gasteiger partial charge in [0.05, 0.1) is 51.9 Å². The number of anilines is 4. The van der Waals surface area contributed by atoms with Crippen molar-refractivity contribution in [3.05, 3.63) is 168 Å². The van der Waals surface area contributed by atoms with Crippen molar-refractivity contribution in [2.45, 2.75) is 182 Å². The Hall–Kier alpha value is -16.3. The number of aromatic nitrogens is 7. The van der Waals surface area contributed by atoms with Crippen molar-refractivity contribution in [1.82, 2.24) is 61.5 Å². The number of aliphatic hydroxyl groups is 1. The van der Waals surface area contributed by atoms with Gasteiger partial charge in [-0.05, 0) is 104 Å². The summed E-state index contributed by atoms with van der Waals surface area (Å²) in [6, 6.07) is -0.453. The largest absolute Gasteiger partial charge is 0.489 e. The van der Waals surface area contributed by atoms with E-state index in [9.17, 15) is 127 Å². The fourth-order valence-electron chi connectivity index (χ4n) is 9.47. The van der Waals surface area contributed by atoms with Crippen molar-refractivity contribution >= 4 is 135 Å². The van der Waals surface area contributed by atoms with Crippen LogP contribution in [0.2, 0.25) is 10.2 Å². The van der Waals surface area contributed by atoms with Crippen LogP contribution in [0.15, 0.2) is 85.8 Å². The Balaban J connectivity index is 0.000000842. The van der Waals surface area contributed by atoms with E-state index in [1.165, 1.54) is 35.3 Å². The van der Waals surface area contributed by atoms with Crippen LogP contribution >= 0.6 is 23.2 Å². The van der Waals surface area contributed by atoms with E-state index in [-0.39, 0.29) is 83.4 Å². The molecule has 8 amide bonds. The molecule has 0 aromatic carbocycles. The van der Waals surface area contributed by atoms with Crippen LogP contribution in [0.5, 0.6) is 28.7 Å². The number of alkyl halides is 3. The number of nitrogens with two attached hydrogens (primary N) is 2. The lowest BCUT2D eigenvalue weighted by atomic mass is 10.2. The van der Waals surface area contributed by atoms with E-state index in [4.69, 9.17) is 107 Å². The number of carbonyl (C=O) groups is 12. The first-order valence-electron chi connectivity index (χ1n) is 40.8. The molecule has 64 heteroatoms. The van der Waals surface area contributed by atoms with E-state index in [1.54, 1.807) is 111 Å². The Bertz CT molecular complexity index is 5710. The van der Waals surface area contributed by atoms with Gasteiger partial charge in [0.15, 0.2) is 18.1 Å². The SMILES string of the molecule is C.CC(C)(C)OC(=O)N[C@@H](CO)C(=O)O.CC(C)(C)OC(=O)N[C@@H](COc1cc(F)ncc1N)C(=O)O.CC(C)(C)OC(=O)N[C@@H](COc1cc(F)ncc1[N+](=O)[O-])C(=O)O.CC(C)(C)OC(=O)N[C@H]1COc2cc(F)ncc2NC1=O.CN1C(=O)[C@@H](N)COc2cc(F)ncc21.CN1C(=O)[C@@H](NC(=O)OC(C)(C)C)COc2cc(F)ncc21.O=CC(F)(F)F.O=[N+]([O-])c1cnc(Cl)cc1Cl.O=[N+]([O-])c1cnc(F)cc1F. The molecule has 6 atom stereocenters. The summed E-state index contributed by atoms with van der Waals surface area (Å²) in [6.45, 7) is 22.9. The van der Waals surface area contributed by atoms with Gasteiger partial charge in [0.1, 0.15) is 148 Å². The number of nitrogen functional groups attached to an aromatic ring is 1. The number of aliphatic carboxylic acids is 3. The molecular formula is C83H102Cl2F10N20O32. The van der Waals surface area contributed by atoms with Crippen LogP contribution < -0.4 is 76.9 Å². The zero-order valence-electron chi connectivity index (χ0n) is 79.6. The van der Waals surface area contributed by atoms with Gasteiger partial charge in [0.25, 0.3) is 11.8 Å². The third-order valence-electron chi connectivity index (χ3n) is 15.6. The number of carboxylic acids is 3. The molecule has 0 spiro atoms. The Kier molecular flexibility index (Phi) is 50.6. The number of aliphatic hydroxyl groups excluding tert-OH is 1.